The van der Waals surface area contributed by atoms with Crippen molar-refractivity contribution in [2.24, 2.45) is 0 Å². The summed E-state index contributed by atoms with van der Waals surface area (Å²) in [5.74, 6) is 0.921. The van der Waals surface area contributed by atoms with E-state index in [1.54, 1.807) is 7.11 Å². The summed E-state index contributed by atoms with van der Waals surface area (Å²) in [5.41, 5.74) is 4.20. The molecule has 0 spiro atoms. The third kappa shape index (κ3) is 6.09. The van der Waals surface area contributed by atoms with Gasteiger partial charge in [-0.2, -0.15) is 0 Å². The minimum absolute atomic E-state index is 0.0904. The molecule has 0 saturated carbocycles. The molecule has 5 nitrogen and oxygen atoms in total. The van der Waals surface area contributed by atoms with Crippen molar-refractivity contribution < 1.29 is 14.3 Å². The molecule has 0 aliphatic carbocycles. The average molecular weight is 405 g/mol. The zero-order valence-corrected chi connectivity index (χ0v) is 17.6. The van der Waals surface area contributed by atoms with Crippen LogP contribution in [0.2, 0.25) is 0 Å². The molecular weight excluding hydrogens is 376 g/mol. The second-order valence-corrected chi connectivity index (χ2v) is 7.20. The van der Waals surface area contributed by atoms with E-state index in [0.29, 0.717) is 18.0 Å². The van der Waals surface area contributed by atoms with E-state index in [1.807, 2.05) is 67.6 Å². The second kappa shape index (κ2) is 10.5. The number of nitrogens with one attached hydrogen (secondary N) is 2. The highest BCUT2D eigenvalue weighted by Gasteiger charge is 2.10. The van der Waals surface area contributed by atoms with Crippen molar-refractivity contribution in [3.63, 3.8) is 0 Å². The molecule has 0 aliphatic heterocycles. The minimum atomic E-state index is -0.219. The van der Waals surface area contributed by atoms with Gasteiger partial charge in [0.05, 0.1) is 7.11 Å². The first-order valence-electron chi connectivity index (χ1n) is 9.99. The van der Waals surface area contributed by atoms with Gasteiger partial charge in [0.2, 0.25) is 0 Å². The number of hydrogen-bond donors (Lipinski definition) is 2. The van der Waals surface area contributed by atoms with Crippen LogP contribution in [-0.2, 0) is 11.3 Å². The van der Waals surface area contributed by atoms with Crippen LogP contribution in [0.25, 0.3) is 0 Å². The monoisotopic (exact) mass is 404 g/mol. The van der Waals surface area contributed by atoms with Crippen LogP contribution < -0.4 is 20.1 Å². The Morgan fingerprint density at radius 3 is 2.40 bits per heavy atom. The Morgan fingerprint density at radius 1 is 0.967 bits per heavy atom. The largest absolute Gasteiger partial charge is 0.493 e. The van der Waals surface area contributed by atoms with Crippen LogP contribution in [0.1, 0.15) is 29.7 Å². The van der Waals surface area contributed by atoms with Gasteiger partial charge < -0.3 is 20.1 Å². The van der Waals surface area contributed by atoms with Gasteiger partial charge in [0, 0.05) is 18.3 Å². The summed E-state index contributed by atoms with van der Waals surface area (Å²) in [5, 5.41) is 6.33. The van der Waals surface area contributed by atoms with Crippen LogP contribution in [0.3, 0.4) is 0 Å². The molecular formula is C25H28N2O3. The van der Waals surface area contributed by atoms with Gasteiger partial charge >= 0.3 is 0 Å². The summed E-state index contributed by atoms with van der Waals surface area (Å²) in [4.78, 5) is 12.2. The van der Waals surface area contributed by atoms with Crippen molar-refractivity contribution in [1.29, 1.82) is 0 Å². The number of carbonyl (C=O) groups excluding carboxylic acids is 1. The predicted octanol–water partition coefficient (Wildman–Crippen LogP) is 4.87. The first-order chi connectivity index (χ1) is 14.5. The van der Waals surface area contributed by atoms with E-state index in [2.05, 4.69) is 29.7 Å². The lowest BCUT2D eigenvalue weighted by Gasteiger charge is -2.16. The predicted molar refractivity (Wildman–Crippen MR) is 120 cm³/mol. The minimum Gasteiger partial charge on any atom is -0.493 e. The maximum atomic E-state index is 12.2. The molecule has 3 aromatic rings. The highest BCUT2D eigenvalue weighted by molar-refractivity contribution is 5.91. The number of aryl methyl sites for hydroxylation is 1. The maximum absolute atomic E-state index is 12.2. The zero-order valence-electron chi connectivity index (χ0n) is 17.6. The Kier molecular flexibility index (Phi) is 7.46. The molecule has 5 heteroatoms. The Labute approximate surface area is 178 Å². The van der Waals surface area contributed by atoms with E-state index in [1.165, 1.54) is 5.56 Å². The second-order valence-electron chi connectivity index (χ2n) is 7.20. The lowest BCUT2D eigenvalue weighted by Crippen LogP contribution is -2.20. The lowest BCUT2D eigenvalue weighted by atomic mass is 10.1. The fourth-order valence-corrected chi connectivity index (χ4v) is 3.05. The molecule has 0 heterocycles. The molecule has 0 unspecified atom stereocenters. The van der Waals surface area contributed by atoms with Crippen LogP contribution >= 0.6 is 0 Å². The van der Waals surface area contributed by atoms with Crippen LogP contribution in [0.5, 0.6) is 11.5 Å². The standard InChI is InChI=1S/C25H28N2O3/c1-18-9-12-22(13-10-18)27-25(28)17-30-23-14-11-20(15-24(23)29-3)16-26-19(2)21-7-5-4-6-8-21/h4-15,19,26H,16-17H2,1-3H3,(H,27,28)/t19-/m1/s1. The van der Waals surface area contributed by atoms with Crippen molar-refractivity contribution in [3.8, 4) is 11.5 Å². The number of benzene rings is 3. The van der Waals surface area contributed by atoms with Gasteiger partial charge in [-0.15, -0.1) is 0 Å². The van der Waals surface area contributed by atoms with E-state index >= 15 is 0 Å². The molecule has 3 rings (SSSR count). The number of hydrogen-bond acceptors (Lipinski definition) is 4. The van der Waals surface area contributed by atoms with Crippen LogP contribution in [0.4, 0.5) is 5.69 Å². The number of carbonyl (C=O) groups is 1. The normalized spacial score (nSPS) is 11.6. The SMILES string of the molecule is COc1cc(CN[C@H](C)c2ccccc2)ccc1OCC(=O)Nc1ccc(C)cc1. The highest BCUT2D eigenvalue weighted by Crippen LogP contribution is 2.28. The van der Waals surface area contributed by atoms with Crippen molar-refractivity contribution in [2.75, 3.05) is 19.0 Å². The Balaban J connectivity index is 1.54. The first kappa shape index (κ1) is 21.4. The molecule has 3 aromatic carbocycles. The van der Waals surface area contributed by atoms with Gasteiger partial charge in [-0.1, -0.05) is 54.1 Å². The first-order valence-corrected chi connectivity index (χ1v) is 9.99. The van der Waals surface area contributed by atoms with Gasteiger partial charge in [-0.05, 0) is 49.2 Å². The summed E-state index contributed by atoms with van der Waals surface area (Å²) in [6, 6.07) is 23.9. The number of amides is 1. The van der Waals surface area contributed by atoms with E-state index < -0.39 is 0 Å². The topological polar surface area (TPSA) is 59.6 Å². The molecule has 0 aromatic heterocycles. The van der Waals surface area contributed by atoms with Crippen LogP contribution in [0, 0.1) is 6.92 Å². The summed E-state index contributed by atoms with van der Waals surface area (Å²) >= 11 is 0. The van der Waals surface area contributed by atoms with Crippen molar-refractivity contribution in [2.45, 2.75) is 26.4 Å². The number of anilines is 1. The maximum Gasteiger partial charge on any atom is 0.262 e. The fraction of sp³-hybridized carbons (Fsp3) is 0.240. The Hall–Kier alpha value is -3.31. The van der Waals surface area contributed by atoms with Crippen molar-refractivity contribution in [3.05, 3.63) is 89.5 Å². The zero-order chi connectivity index (χ0) is 21.3. The fourth-order valence-electron chi connectivity index (χ4n) is 3.05. The molecule has 30 heavy (non-hydrogen) atoms. The van der Waals surface area contributed by atoms with Gasteiger partial charge in [0.1, 0.15) is 0 Å². The Morgan fingerprint density at radius 2 is 1.70 bits per heavy atom. The number of ether oxygens (including phenoxy) is 2. The highest BCUT2D eigenvalue weighted by atomic mass is 16.5. The third-order valence-electron chi connectivity index (χ3n) is 4.83. The Bertz CT molecular complexity index is 956. The molecule has 0 fully saturated rings. The summed E-state index contributed by atoms with van der Waals surface area (Å²) in [6.45, 7) is 4.74. The van der Waals surface area contributed by atoms with Crippen LogP contribution in [0.15, 0.2) is 72.8 Å². The quantitative estimate of drug-likeness (QED) is 0.534. The summed E-state index contributed by atoms with van der Waals surface area (Å²) in [7, 11) is 1.60. The van der Waals surface area contributed by atoms with Crippen molar-refractivity contribution in [1.82, 2.24) is 5.32 Å². The van der Waals surface area contributed by atoms with Gasteiger partial charge in [0.15, 0.2) is 18.1 Å². The average Bonchev–Trinajstić information content (AvgIpc) is 2.78. The van der Waals surface area contributed by atoms with E-state index in [0.717, 1.165) is 16.8 Å². The molecule has 156 valence electrons. The van der Waals surface area contributed by atoms with Gasteiger partial charge in [0.25, 0.3) is 5.91 Å². The molecule has 0 radical (unpaired) electrons. The summed E-state index contributed by atoms with van der Waals surface area (Å²) < 4.78 is 11.1. The molecule has 0 bridgehead atoms. The van der Waals surface area contributed by atoms with E-state index in [4.69, 9.17) is 9.47 Å². The van der Waals surface area contributed by atoms with Gasteiger partial charge in [-0.3, -0.25) is 4.79 Å². The number of methoxy groups -OCH3 is 1. The summed E-state index contributed by atoms with van der Waals surface area (Å²) in [6.07, 6.45) is 0. The van der Waals surface area contributed by atoms with Crippen molar-refractivity contribution >= 4 is 11.6 Å². The third-order valence-corrected chi connectivity index (χ3v) is 4.83. The smallest absolute Gasteiger partial charge is 0.262 e. The van der Waals surface area contributed by atoms with Gasteiger partial charge in [-0.25, -0.2) is 0 Å². The molecule has 0 saturated heterocycles. The molecule has 2 N–H and O–H groups in total. The van der Waals surface area contributed by atoms with E-state index in [9.17, 15) is 4.79 Å². The molecule has 1 amide bonds. The lowest BCUT2D eigenvalue weighted by molar-refractivity contribution is -0.118. The van der Waals surface area contributed by atoms with E-state index in [-0.39, 0.29) is 18.6 Å². The number of rotatable bonds is 9. The molecule has 1 atom stereocenters. The van der Waals surface area contributed by atoms with Crippen LogP contribution in [-0.4, -0.2) is 19.6 Å². The molecule has 0 aliphatic rings.